The molecule has 1 aromatic heterocycles. The van der Waals surface area contributed by atoms with Gasteiger partial charge in [-0.25, -0.2) is 26.9 Å². The van der Waals surface area contributed by atoms with Crippen LogP contribution in [0.3, 0.4) is 0 Å². The smallest absolute Gasteiger partial charge is 0.220 e. The van der Waals surface area contributed by atoms with Crippen LogP contribution in [0.25, 0.3) is 23.3 Å². The predicted octanol–water partition coefficient (Wildman–Crippen LogP) is 4.69. The number of hydrogen-bond acceptors (Lipinski definition) is 2. The van der Waals surface area contributed by atoms with Crippen molar-refractivity contribution in [3.8, 4) is 0 Å². The quantitative estimate of drug-likeness (QED) is 0.390. The number of benzene rings is 2. The maximum atomic E-state index is 13.5. The molecule has 1 heterocycles. The molecule has 0 saturated heterocycles. The van der Waals surface area contributed by atoms with E-state index in [9.17, 15) is 22.0 Å². The summed E-state index contributed by atoms with van der Waals surface area (Å²) < 4.78 is 71.3. The second kappa shape index (κ2) is 5.25. The molecule has 0 amide bonds. The van der Waals surface area contributed by atoms with Crippen LogP contribution in [0.15, 0.2) is 28.7 Å². The summed E-state index contributed by atoms with van der Waals surface area (Å²) in [7, 11) is 0. The van der Waals surface area contributed by atoms with Crippen molar-refractivity contribution in [3.05, 3.63) is 64.8 Å². The van der Waals surface area contributed by atoms with E-state index >= 15 is 0 Å². The summed E-state index contributed by atoms with van der Waals surface area (Å²) in [5, 5.41) is 0. The molecule has 2 nitrogen and oxygen atoms in total. The molecule has 2 aromatic carbocycles. The average Bonchev–Trinajstić information content (AvgIpc) is 2.94. The van der Waals surface area contributed by atoms with Crippen LogP contribution in [-0.2, 0) is 0 Å². The minimum atomic E-state index is -2.20. The fourth-order valence-electron chi connectivity index (χ4n) is 1.88. The van der Waals surface area contributed by atoms with E-state index in [2.05, 4.69) is 4.98 Å². The third-order valence-electron chi connectivity index (χ3n) is 2.95. The number of oxazole rings is 1. The van der Waals surface area contributed by atoms with E-state index in [0.29, 0.717) is 11.1 Å². The predicted molar refractivity (Wildman–Crippen MR) is 69.2 cm³/mol. The molecule has 22 heavy (non-hydrogen) atoms. The maximum Gasteiger partial charge on any atom is 0.220 e. The van der Waals surface area contributed by atoms with E-state index in [-0.39, 0.29) is 5.89 Å². The van der Waals surface area contributed by atoms with Gasteiger partial charge < -0.3 is 4.42 Å². The molecule has 7 heteroatoms. The van der Waals surface area contributed by atoms with Crippen LogP contribution in [0.4, 0.5) is 22.0 Å². The van der Waals surface area contributed by atoms with E-state index in [4.69, 9.17) is 4.42 Å². The molecule has 112 valence electrons. The molecular formula is C15H6F5NO. The summed E-state index contributed by atoms with van der Waals surface area (Å²) in [6.07, 6.45) is 1.75. The summed E-state index contributed by atoms with van der Waals surface area (Å²) in [6.45, 7) is 0. The number of halogens is 5. The molecule has 0 bridgehead atoms. The van der Waals surface area contributed by atoms with Crippen LogP contribution in [0, 0.1) is 29.1 Å². The second-order valence-corrected chi connectivity index (χ2v) is 4.34. The highest BCUT2D eigenvalue weighted by Gasteiger charge is 2.24. The van der Waals surface area contributed by atoms with Crippen LogP contribution < -0.4 is 0 Å². The Bertz CT molecular complexity index is 838. The van der Waals surface area contributed by atoms with Crippen LogP contribution >= 0.6 is 0 Å². The Morgan fingerprint density at radius 3 is 2.00 bits per heavy atom. The summed E-state index contributed by atoms with van der Waals surface area (Å²) in [4.78, 5) is 3.99. The van der Waals surface area contributed by atoms with Gasteiger partial charge in [0.15, 0.2) is 28.9 Å². The molecule has 0 radical (unpaired) electrons. The fourth-order valence-corrected chi connectivity index (χ4v) is 1.88. The molecule has 3 rings (SSSR count). The Kier molecular flexibility index (Phi) is 3.40. The largest absolute Gasteiger partial charge is 0.437 e. The van der Waals surface area contributed by atoms with Gasteiger partial charge in [0.05, 0.1) is 5.56 Å². The van der Waals surface area contributed by atoms with Crippen molar-refractivity contribution >= 4 is 23.3 Å². The molecule has 0 saturated carbocycles. The van der Waals surface area contributed by atoms with E-state index < -0.39 is 34.6 Å². The Labute approximate surface area is 120 Å². The first-order valence-corrected chi connectivity index (χ1v) is 6.04. The summed E-state index contributed by atoms with van der Waals surface area (Å²) in [5.41, 5.74) is -0.127. The highest BCUT2D eigenvalue weighted by atomic mass is 19.2. The summed E-state index contributed by atoms with van der Waals surface area (Å²) in [6, 6.07) is 6.68. The average molecular weight is 311 g/mol. The zero-order valence-electron chi connectivity index (χ0n) is 10.7. The van der Waals surface area contributed by atoms with Crippen LogP contribution in [0.1, 0.15) is 11.5 Å². The number of para-hydroxylation sites is 2. The summed E-state index contributed by atoms with van der Waals surface area (Å²) in [5.74, 6) is -10.1. The molecule has 0 atom stereocenters. The van der Waals surface area contributed by atoms with E-state index in [1.807, 2.05) is 0 Å². The van der Waals surface area contributed by atoms with E-state index in [0.717, 1.165) is 12.2 Å². The molecular weight excluding hydrogens is 305 g/mol. The fraction of sp³-hybridized carbons (Fsp3) is 0. The van der Waals surface area contributed by atoms with Crippen molar-refractivity contribution in [2.75, 3.05) is 0 Å². The van der Waals surface area contributed by atoms with Crippen LogP contribution in [0.5, 0.6) is 0 Å². The van der Waals surface area contributed by atoms with Crippen molar-refractivity contribution in [1.82, 2.24) is 4.98 Å². The number of fused-ring (bicyclic) bond motifs is 1. The molecule has 0 N–H and O–H groups in total. The van der Waals surface area contributed by atoms with Gasteiger partial charge in [-0.3, -0.25) is 0 Å². The molecule has 0 aliphatic heterocycles. The number of hydrogen-bond donors (Lipinski definition) is 0. The van der Waals surface area contributed by atoms with Crippen molar-refractivity contribution in [2.45, 2.75) is 0 Å². The number of rotatable bonds is 2. The number of nitrogens with zero attached hydrogens (tertiary/aromatic N) is 1. The van der Waals surface area contributed by atoms with Crippen molar-refractivity contribution in [3.63, 3.8) is 0 Å². The zero-order chi connectivity index (χ0) is 15.9. The second-order valence-electron chi connectivity index (χ2n) is 4.34. The standard InChI is InChI=1S/C15H6F5NO/c16-11-7(12(17)14(19)15(20)13(11)18)5-6-10-21-8-3-1-2-4-9(8)22-10/h1-6H/b6-5+. The van der Waals surface area contributed by atoms with Gasteiger partial charge in [0.2, 0.25) is 11.7 Å². The first-order valence-electron chi connectivity index (χ1n) is 6.04. The Morgan fingerprint density at radius 1 is 0.773 bits per heavy atom. The van der Waals surface area contributed by atoms with Crippen LogP contribution in [-0.4, -0.2) is 4.98 Å². The van der Waals surface area contributed by atoms with E-state index in [1.54, 1.807) is 24.3 Å². The van der Waals surface area contributed by atoms with Gasteiger partial charge >= 0.3 is 0 Å². The summed E-state index contributed by atoms with van der Waals surface area (Å²) >= 11 is 0. The molecule has 0 aliphatic carbocycles. The van der Waals surface area contributed by atoms with Crippen molar-refractivity contribution in [1.29, 1.82) is 0 Å². The lowest BCUT2D eigenvalue weighted by atomic mass is 10.1. The first kappa shape index (κ1) is 14.2. The zero-order valence-corrected chi connectivity index (χ0v) is 10.7. The molecule has 3 aromatic rings. The van der Waals surface area contributed by atoms with Gasteiger partial charge in [-0.05, 0) is 18.2 Å². The van der Waals surface area contributed by atoms with Crippen LogP contribution in [0.2, 0.25) is 0 Å². The third-order valence-corrected chi connectivity index (χ3v) is 2.95. The minimum absolute atomic E-state index is 0.0230. The molecule has 0 aliphatic rings. The third kappa shape index (κ3) is 2.24. The SMILES string of the molecule is Fc1c(F)c(F)c(/C=C/c2nc3ccccc3o2)c(F)c1F. The Morgan fingerprint density at radius 2 is 1.36 bits per heavy atom. The monoisotopic (exact) mass is 311 g/mol. The Balaban J connectivity index is 2.06. The van der Waals surface area contributed by atoms with Gasteiger partial charge in [0, 0.05) is 6.08 Å². The van der Waals surface area contributed by atoms with Gasteiger partial charge in [0.25, 0.3) is 0 Å². The molecule has 0 unspecified atom stereocenters. The van der Waals surface area contributed by atoms with E-state index in [1.165, 1.54) is 0 Å². The van der Waals surface area contributed by atoms with Gasteiger partial charge in [-0.2, -0.15) is 0 Å². The lowest BCUT2D eigenvalue weighted by Gasteiger charge is -2.03. The lowest BCUT2D eigenvalue weighted by Crippen LogP contribution is -2.03. The van der Waals surface area contributed by atoms with Crippen molar-refractivity contribution in [2.24, 2.45) is 0 Å². The van der Waals surface area contributed by atoms with Gasteiger partial charge in [0.1, 0.15) is 5.52 Å². The maximum absolute atomic E-state index is 13.5. The first-order chi connectivity index (χ1) is 10.5. The highest BCUT2D eigenvalue weighted by Crippen LogP contribution is 2.25. The van der Waals surface area contributed by atoms with Gasteiger partial charge in [-0.15, -0.1) is 0 Å². The minimum Gasteiger partial charge on any atom is -0.437 e. The molecule has 0 spiro atoms. The molecule has 0 fully saturated rings. The Hall–Kier alpha value is -2.70. The van der Waals surface area contributed by atoms with Crippen molar-refractivity contribution < 1.29 is 26.4 Å². The highest BCUT2D eigenvalue weighted by molar-refractivity contribution is 5.76. The normalized spacial score (nSPS) is 11.7. The lowest BCUT2D eigenvalue weighted by molar-refractivity contribution is 0.377. The number of aromatic nitrogens is 1. The topological polar surface area (TPSA) is 26.0 Å². The van der Waals surface area contributed by atoms with Gasteiger partial charge in [-0.1, -0.05) is 12.1 Å².